The highest BCUT2D eigenvalue weighted by molar-refractivity contribution is 5.85. The lowest BCUT2D eigenvalue weighted by molar-refractivity contribution is -0.142. The van der Waals surface area contributed by atoms with E-state index in [1.54, 1.807) is 7.11 Å². The fourth-order valence-corrected chi connectivity index (χ4v) is 2.29. The molecule has 4 nitrogen and oxygen atoms in total. The molecule has 2 N–H and O–H groups in total. The zero-order valence-corrected chi connectivity index (χ0v) is 12.7. The fourth-order valence-electron chi connectivity index (χ4n) is 2.29. The number of nitrogens with two attached hydrogens (primary N) is 1. The molecule has 5 heteroatoms. The van der Waals surface area contributed by atoms with Crippen molar-refractivity contribution in [1.82, 2.24) is 4.90 Å². The second-order valence-electron chi connectivity index (χ2n) is 5.34. The second-order valence-corrected chi connectivity index (χ2v) is 5.34. The number of halogens is 1. The lowest BCUT2D eigenvalue weighted by Crippen LogP contribution is -2.53. The lowest BCUT2D eigenvalue weighted by atomic mass is 9.92. The number of ether oxygens (including phenoxy) is 1. The van der Waals surface area contributed by atoms with Crippen LogP contribution in [0.4, 0.5) is 0 Å². The van der Waals surface area contributed by atoms with E-state index in [9.17, 15) is 4.79 Å². The number of hydrogen-bond acceptors (Lipinski definition) is 3. The highest BCUT2D eigenvalue weighted by Gasteiger charge is 2.33. The Labute approximate surface area is 117 Å². The van der Waals surface area contributed by atoms with E-state index in [0.717, 1.165) is 19.4 Å². The van der Waals surface area contributed by atoms with Gasteiger partial charge in [0.05, 0.1) is 6.10 Å². The molecule has 1 fully saturated rings. The third-order valence-electron chi connectivity index (χ3n) is 3.95. The van der Waals surface area contributed by atoms with Gasteiger partial charge >= 0.3 is 0 Å². The van der Waals surface area contributed by atoms with E-state index in [1.165, 1.54) is 0 Å². The highest BCUT2D eigenvalue weighted by atomic mass is 35.5. The van der Waals surface area contributed by atoms with Crippen molar-refractivity contribution in [1.29, 1.82) is 0 Å². The molecule has 1 saturated heterocycles. The summed E-state index contributed by atoms with van der Waals surface area (Å²) in [6.45, 7) is 7.47. The van der Waals surface area contributed by atoms with Crippen LogP contribution in [0, 0.1) is 11.8 Å². The van der Waals surface area contributed by atoms with Gasteiger partial charge in [0, 0.05) is 32.2 Å². The van der Waals surface area contributed by atoms with Gasteiger partial charge in [0.15, 0.2) is 0 Å². The Morgan fingerprint density at radius 2 is 2.06 bits per heavy atom. The molecule has 0 aromatic rings. The first kappa shape index (κ1) is 17.7. The molecule has 1 aliphatic heterocycles. The molecule has 0 aromatic heterocycles. The Kier molecular flexibility index (Phi) is 7.83. The molecule has 0 bridgehead atoms. The fraction of sp³-hybridized carbons (Fsp3) is 0.923. The average Bonchev–Trinajstić information content (AvgIpc) is 2.35. The Bertz CT molecular complexity index is 261. The van der Waals surface area contributed by atoms with Crippen LogP contribution < -0.4 is 5.73 Å². The number of rotatable bonds is 4. The van der Waals surface area contributed by atoms with E-state index in [2.05, 4.69) is 13.8 Å². The maximum atomic E-state index is 12.3. The minimum atomic E-state index is 0. The molecule has 0 radical (unpaired) electrons. The number of amides is 1. The van der Waals surface area contributed by atoms with Crippen LogP contribution >= 0.6 is 12.4 Å². The zero-order chi connectivity index (χ0) is 13.0. The molecule has 18 heavy (non-hydrogen) atoms. The zero-order valence-electron chi connectivity index (χ0n) is 11.9. The van der Waals surface area contributed by atoms with Crippen LogP contribution in [0.2, 0.25) is 0 Å². The second kappa shape index (κ2) is 7.97. The standard InChI is InChI=1S/C13H26N2O2.ClH/c1-9(2)10(3)13(16)15-6-5-12(17-4)7-11(15)8-14;/h9-12H,5-8,14H2,1-4H3;1H. The van der Waals surface area contributed by atoms with Crippen molar-refractivity contribution in [2.24, 2.45) is 17.6 Å². The molecule has 0 aromatic carbocycles. The lowest BCUT2D eigenvalue weighted by Gasteiger charge is -2.40. The molecule has 0 spiro atoms. The van der Waals surface area contributed by atoms with Crippen LogP contribution in [0.25, 0.3) is 0 Å². The van der Waals surface area contributed by atoms with Crippen molar-refractivity contribution in [2.75, 3.05) is 20.2 Å². The van der Waals surface area contributed by atoms with E-state index < -0.39 is 0 Å². The predicted octanol–water partition coefficient (Wildman–Crippen LogP) is 1.66. The first-order valence-electron chi connectivity index (χ1n) is 6.54. The molecule has 1 rings (SSSR count). The molecule has 0 aliphatic carbocycles. The summed E-state index contributed by atoms with van der Waals surface area (Å²) in [4.78, 5) is 14.3. The predicted molar refractivity (Wildman–Crippen MR) is 75.8 cm³/mol. The summed E-state index contributed by atoms with van der Waals surface area (Å²) < 4.78 is 5.37. The van der Waals surface area contributed by atoms with Crippen LogP contribution in [-0.2, 0) is 9.53 Å². The van der Waals surface area contributed by atoms with E-state index >= 15 is 0 Å². The molecule has 1 aliphatic rings. The van der Waals surface area contributed by atoms with E-state index in [-0.39, 0.29) is 36.4 Å². The van der Waals surface area contributed by atoms with Gasteiger partial charge in [0.1, 0.15) is 0 Å². The minimum absolute atomic E-state index is 0. The minimum Gasteiger partial charge on any atom is -0.381 e. The van der Waals surface area contributed by atoms with Crippen LogP contribution in [0.1, 0.15) is 33.6 Å². The first-order chi connectivity index (χ1) is 8.01. The van der Waals surface area contributed by atoms with Crippen molar-refractivity contribution >= 4 is 18.3 Å². The Morgan fingerprint density at radius 3 is 2.50 bits per heavy atom. The summed E-state index contributed by atoms with van der Waals surface area (Å²) in [7, 11) is 1.73. The van der Waals surface area contributed by atoms with Gasteiger partial charge in [0.2, 0.25) is 5.91 Å². The quantitative estimate of drug-likeness (QED) is 0.851. The molecule has 3 atom stereocenters. The van der Waals surface area contributed by atoms with Crippen LogP contribution in [0.5, 0.6) is 0 Å². The number of carbonyl (C=O) groups excluding carboxylic acids is 1. The van der Waals surface area contributed by atoms with Gasteiger partial charge in [0.25, 0.3) is 0 Å². The van der Waals surface area contributed by atoms with Crippen molar-refractivity contribution < 1.29 is 9.53 Å². The Balaban J connectivity index is 0.00000289. The highest BCUT2D eigenvalue weighted by Crippen LogP contribution is 2.23. The van der Waals surface area contributed by atoms with Crippen molar-refractivity contribution in [3.05, 3.63) is 0 Å². The number of carbonyl (C=O) groups is 1. The number of nitrogens with zero attached hydrogens (tertiary/aromatic N) is 1. The summed E-state index contributed by atoms with van der Waals surface area (Å²) in [5.41, 5.74) is 5.78. The van der Waals surface area contributed by atoms with Gasteiger partial charge in [-0.1, -0.05) is 20.8 Å². The van der Waals surface area contributed by atoms with Gasteiger partial charge in [-0.2, -0.15) is 0 Å². The molecule has 0 saturated carbocycles. The number of piperidine rings is 1. The summed E-state index contributed by atoms with van der Waals surface area (Å²) in [5.74, 6) is 0.689. The molecule has 108 valence electrons. The summed E-state index contributed by atoms with van der Waals surface area (Å²) in [6.07, 6.45) is 2.04. The summed E-state index contributed by atoms with van der Waals surface area (Å²) >= 11 is 0. The Morgan fingerprint density at radius 1 is 1.44 bits per heavy atom. The van der Waals surface area contributed by atoms with Gasteiger partial charge in [-0.3, -0.25) is 4.79 Å². The maximum absolute atomic E-state index is 12.3. The molecule has 1 heterocycles. The van der Waals surface area contributed by atoms with Gasteiger partial charge in [-0.15, -0.1) is 12.4 Å². The van der Waals surface area contributed by atoms with Crippen molar-refractivity contribution in [3.63, 3.8) is 0 Å². The summed E-state index contributed by atoms with van der Waals surface area (Å²) in [6, 6.07) is 0.141. The largest absolute Gasteiger partial charge is 0.381 e. The summed E-state index contributed by atoms with van der Waals surface area (Å²) in [5, 5.41) is 0. The van der Waals surface area contributed by atoms with E-state index in [1.807, 2.05) is 11.8 Å². The van der Waals surface area contributed by atoms with Gasteiger partial charge < -0.3 is 15.4 Å². The first-order valence-corrected chi connectivity index (χ1v) is 6.54. The monoisotopic (exact) mass is 278 g/mol. The maximum Gasteiger partial charge on any atom is 0.225 e. The number of methoxy groups -OCH3 is 1. The third kappa shape index (κ3) is 4.11. The molecular weight excluding hydrogens is 252 g/mol. The smallest absolute Gasteiger partial charge is 0.225 e. The van der Waals surface area contributed by atoms with Gasteiger partial charge in [-0.05, 0) is 18.8 Å². The number of hydrogen-bond donors (Lipinski definition) is 1. The average molecular weight is 279 g/mol. The van der Waals surface area contributed by atoms with Crippen molar-refractivity contribution in [2.45, 2.75) is 45.8 Å². The van der Waals surface area contributed by atoms with Crippen LogP contribution in [0.15, 0.2) is 0 Å². The van der Waals surface area contributed by atoms with Crippen LogP contribution in [0.3, 0.4) is 0 Å². The topological polar surface area (TPSA) is 55.6 Å². The molecule has 1 amide bonds. The van der Waals surface area contributed by atoms with Crippen molar-refractivity contribution in [3.8, 4) is 0 Å². The number of likely N-dealkylation sites (tertiary alicyclic amines) is 1. The normalized spacial score (nSPS) is 25.8. The molecule has 3 unspecified atom stereocenters. The van der Waals surface area contributed by atoms with Crippen LogP contribution in [-0.4, -0.2) is 43.2 Å². The SMILES string of the molecule is COC1CCN(C(=O)C(C)C(C)C)C(CN)C1.Cl. The Hall–Kier alpha value is -0.320. The van der Waals surface area contributed by atoms with Gasteiger partial charge in [-0.25, -0.2) is 0 Å². The molecular formula is C13H27ClN2O2. The van der Waals surface area contributed by atoms with E-state index in [0.29, 0.717) is 12.5 Å². The third-order valence-corrected chi connectivity index (χ3v) is 3.95. The van der Waals surface area contributed by atoms with E-state index in [4.69, 9.17) is 10.5 Å².